The van der Waals surface area contributed by atoms with Crippen LogP contribution in [0.3, 0.4) is 0 Å². The molecule has 0 saturated heterocycles. The van der Waals surface area contributed by atoms with E-state index in [2.05, 4.69) is 25.9 Å². The van der Waals surface area contributed by atoms with Gasteiger partial charge in [-0.05, 0) is 27.4 Å². The van der Waals surface area contributed by atoms with Crippen LogP contribution in [0.4, 0.5) is 0 Å². The second-order valence-corrected chi connectivity index (χ2v) is 5.79. The standard InChI is InChI=1S/C11H8BrClN2OS/c12-7-2-4-17-9(7)11-14-8-1-3-16-5-6(8)10(13)15-11/h2,4H,1,3,5H2. The lowest BCUT2D eigenvalue weighted by Gasteiger charge is -2.16. The van der Waals surface area contributed by atoms with Gasteiger partial charge in [0.15, 0.2) is 5.82 Å². The molecule has 0 radical (unpaired) electrons. The van der Waals surface area contributed by atoms with E-state index in [4.69, 9.17) is 16.3 Å². The van der Waals surface area contributed by atoms with Crippen molar-refractivity contribution in [3.8, 4) is 10.7 Å². The van der Waals surface area contributed by atoms with Crippen molar-refractivity contribution in [3.05, 3.63) is 32.3 Å². The van der Waals surface area contributed by atoms with Gasteiger partial charge in [0.1, 0.15) is 5.15 Å². The van der Waals surface area contributed by atoms with Crippen LogP contribution in [0.15, 0.2) is 15.9 Å². The molecule has 0 fully saturated rings. The van der Waals surface area contributed by atoms with Gasteiger partial charge in [0.25, 0.3) is 0 Å². The van der Waals surface area contributed by atoms with Crippen molar-refractivity contribution in [1.82, 2.24) is 9.97 Å². The van der Waals surface area contributed by atoms with Crippen molar-refractivity contribution in [3.63, 3.8) is 0 Å². The van der Waals surface area contributed by atoms with E-state index in [-0.39, 0.29) is 0 Å². The molecule has 0 unspecified atom stereocenters. The summed E-state index contributed by atoms with van der Waals surface area (Å²) >= 11 is 11.3. The predicted octanol–water partition coefficient (Wildman–Crippen LogP) is 3.69. The number of rotatable bonds is 1. The summed E-state index contributed by atoms with van der Waals surface area (Å²) in [6.07, 6.45) is 0.799. The van der Waals surface area contributed by atoms with E-state index in [1.54, 1.807) is 11.3 Å². The Morgan fingerprint density at radius 1 is 1.41 bits per heavy atom. The fraction of sp³-hybridized carbons (Fsp3) is 0.273. The van der Waals surface area contributed by atoms with Crippen LogP contribution in [-0.2, 0) is 17.8 Å². The maximum absolute atomic E-state index is 6.17. The third kappa shape index (κ3) is 2.12. The largest absolute Gasteiger partial charge is 0.376 e. The molecule has 1 aliphatic heterocycles. The number of halogens is 2. The fourth-order valence-corrected chi connectivity index (χ4v) is 3.47. The number of hydrogen-bond acceptors (Lipinski definition) is 4. The Kier molecular flexibility index (Phi) is 3.17. The van der Waals surface area contributed by atoms with Gasteiger partial charge in [-0.15, -0.1) is 11.3 Å². The third-order valence-electron chi connectivity index (χ3n) is 2.59. The number of aromatic nitrogens is 2. The summed E-state index contributed by atoms with van der Waals surface area (Å²) in [5.74, 6) is 0.692. The molecule has 6 heteroatoms. The Hall–Kier alpha value is -0.490. The van der Waals surface area contributed by atoms with Gasteiger partial charge < -0.3 is 4.74 Å². The van der Waals surface area contributed by atoms with Gasteiger partial charge >= 0.3 is 0 Å². The maximum Gasteiger partial charge on any atom is 0.172 e. The molecule has 0 aliphatic carbocycles. The minimum Gasteiger partial charge on any atom is -0.376 e. The quantitative estimate of drug-likeness (QED) is 0.748. The smallest absolute Gasteiger partial charge is 0.172 e. The van der Waals surface area contributed by atoms with Crippen LogP contribution in [-0.4, -0.2) is 16.6 Å². The number of nitrogens with zero attached hydrogens (tertiary/aromatic N) is 2. The number of hydrogen-bond donors (Lipinski definition) is 0. The Morgan fingerprint density at radius 2 is 2.29 bits per heavy atom. The van der Waals surface area contributed by atoms with Crippen molar-refractivity contribution < 1.29 is 4.74 Å². The molecule has 1 aliphatic rings. The normalized spacial score (nSPS) is 14.7. The third-order valence-corrected chi connectivity index (χ3v) is 4.74. The fourth-order valence-electron chi connectivity index (χ4n) is 1.75. The Bertz CT molecular complexity index is 573. The van der Waals surface area contributed by atoms with Gasteiger partial charge in [0, 0.05) is 16.5 Å². The molecule has 0 atom stereocenters. The SMILES string of the molecule is Clc1nc(-c2sccc2Br)nc2c1COCC2. The highest BCUT2D eigenvalue weighted by Gasteiger charge is 2.19. The second-order valence-electron chi connectivity index (χ2n) is 3.66. The average molecular weight is 332 g/mol. The van der Waals surface area contributed by atoms with Gasteiger partial charge in [0.05, 0.1) is 23.8 Å². The first kappa shape index (κ1) is 11.6. The Balaban J connectivity index is 2.14. The van der Waals surface area contributed by atoms with E-state index in [1.807, 2.05) is 11.4 Å². The topological polar surface area (TPSA) is 35.0 Å². The van der Waals surface area contributed by atoms with Gasteiger partial charge in [-0.1, -0.05) is 11.6 Å². The molecule has 0 saturated carbocycles. The molecule has 2 aromatic rings. The first-order valence-electron chi connectivity index (χ1n) is 5.12. The summed E-state index contributed by atoms with van der Waals surface area (Å²) in [6.45, 7) is 1.21. The molecule has 3 heterocycles. The minimum atomic E-state index is 0.505. The molecule has 0 spiro atoms. The molecule has 0 aromatic carbocycles. The van der Waals surface area contributed by atoms with Crippen LogP contribution >= 0.6 is 38.9 Å². The number of fused-ring (bicyclic) bond motifs is 1. The summed E-state index contributed by atoms with van der Waals surface area (Å²) in [4.78, 5) is 9.94. The molecular weight excluding hydrogens is 324 g/mol. The van der Waals surface area contributed by atoms with E-state index in [0.717, 1.165) is 27.0 Å². The molecule has 17 heavy (non-hydrogen) atoms. The predicted molar refractivity (Wildman–Crippen MR) is 71.4 cm³/mol. The first-order valence-corrected chi connectivity index (χ1v) is 7.17. The number of thiophene rings is 1. The summed E-state index contributed by atoms with van der Waals surface area (Å²) in [7, 11) is 0. The lowest BCUT2D eigenvalue weighted by molar-refractivity contribution is 0.109. The van der Waals surface area contributed by atoms with Gasteiger partial charge in [-0.3, -0.25) is 0 Å². The minimum absolute atomic E-state index is 0.505. The maximum atomic E-state index is 6.17. The van der Waals surface area contributed by atoms with Crippen LogP contribution in [0.5, 0.6) is 0 Å². The van der Waals surface area contributed by atoms with E-state index >= 15 is 0 Å². The van der Waals surface area contributed by atoms with Crippen LogP contribution in [0.1, 0.15) is 11.3 Å². The number of ether oxygens (including phenoxy) is 1. The van der Waals surface area contributed by atoms with Gasteiger partial charge in [-0.2, -0.15) is 0 Å². The highest BCUT2D eigenvalue weighted by molar-refractivity contribution is 9.10. The molecule has 88 valence electrons. The van der Waals surface area contributed by atoms with E-state index < -0.39 is 0 Å². The molecule has 3 rings (SSSR count). The van der Waals surface area contributed by atoms with Crippen molar-refractivity contribution in [2.75, 3.05) is 6.61 Å². The lowest BCUT2D eigenvalue weighted by Crippen LogP contribution is -2.13. The molecular formula is C11H8BrClN2OS. The van der Waals surface area contributed by atoms with Crippen molar-refractivity contribution >= 4 is 38.9 Å². The summed E-state index contributed by atoms with van der Waals surface area (Å²) in [6, 6.07) is 1.99. The molecule has 3 nitrogen and oxygen atoms in total. The zero-order valence-corrected chi connectivity index (χ0v) is 11.9. The van der Waals surface area contributed by atoms with Crippen molar-refractivity contribution in [2.45, 2.75) is 13.0 Å². The molecule has 0 N–H and O–H groups in total. The average Bonchev–Trinajstić information content (AvgIpc) is 2.75. The molecule has 0 amide bonds. The van der Waals surface area contributed by atoms with Crippen molar-refractivity contribution in [2.24, 2.45) is 0 Å². The van der Waals surface area contributed by atoms with E-state index in [9.17, 15) is 0 Å². The second kappa shape index (κ2) is 4.65. The summed E-state index contributed by atoms with van der Waals surface area (Å²) in [5.41, 5.74) is 1.93. The molecule has 2 aromatic heterocycles. The van der Waals surface area contributed by atoms with Crippen molar-refractivity contribution in [1.29, 1.82) is 0 Å². The zero-order chi connectivity index (χ0) is 11.8. The Morgan fingerprint density at radius 3 is 3.06 bits per heavy atom. The highest BCUT2D eigenvalue weighted by Crippen LogP contribution is 2.33. The van der Waals surface area contributed by atoms with E-state index in [1.165, 1.54) is 0 Å². The summed E-state index contributed by atoms with van der Waals surface area (Å²) < 4.78 is 6.37. The van der Waals surface area contributed by atoms with Crippen LogP contribution < -0.4 is 0 Å². The summed E-state index contributed by atoms with van der Waals surface area (Å²) in [5, 5.41) is 2.50. The highest BCUT2D eigenvalue weighted by atomic mass is 79.9. The first-order chi connectivity index (χ1) is 8.25. The van der Waals surface area contributed by atoms with Crippen LogP contribution in [0.2, 0.25) is 5.15 Å². The van der Waals surface area contributed by atoms with Gasteiger partial charge in [0.2, 0.25) is 0 Å². The van der Waals surface area contributed by atoms with Gasteiger partial charge in [-0.25, -0.2) is 9.97 Å². The van der Waals surface area contributed by atoms with Crippen LogP contribution in [0.25, 0.3) is 10.7 Å². The van der Waals surface area contributed by atoms with E-state index in [0.29, 0.717) is 24.2 Å². The molecule has 0 bridgehead atoms. The van der Waals surface area contributed by atoms with Crippen LogP contribution in [0, 0.1) is 0 Å². The lowest BCUT2D eigenvalue weighted by atomic mass is 10.1. The zero-order valence-electron chi connectivity index (χ0n) is 8.74. The Labute approximate surface area is 116 Å². The monoisotopic (exact) mass is 330 g/mol.